The summed E-state index contributed by atoms with van der Waals surface area (Å²) in [5.74, 6) is 6.74. The third-order valence-corrected chi connectivity index (χ3v) is 2.88. The van der Waals surface area contributed by atoms with Gasteiger partial charge in [-0.3, -0.25) is 0 Å². The second kappa shape index (κ2) is 6.42. The quantitative estimate of drug-likeness (QED) is 0.812. The third kappa shape index (κ3) is 4.05. The fraction of sp³-hybridized carbons (Fsp3) is 0.467. The number of aliphatic hydroxyl groups excluding tert-OH is 1. The highest BCUT2D eigenvalue weighted by atomic mass is 19.1. The van der Waals surface area contributed by atoms with Crippen molar-refractivity contribution in [3.63, 3.8) is 0 Å². The molecule has 1 fully saturated rings. The van der Waals surface area contributed by atoms with Crippen LogP contribution in [0.25, 0.3) is 0 Å². The zero-order valence-electron chi connectivity index (χ0n) is 10.3. The lowest BCUT2D eigenvalue weighted by molar-refractivity contribution is 0.301. The lowest BCUT2D eigenvalue weighted by atomic mass is 10.2. The fourth-order valence-electron chi connectivity index (χ4n) is 1.68. The molecule has 96 valence electrons. The van der Waals surface area contributed by atoms with Gasteiger partial charge in [0, 0.05) is 6.42 Å². The SMILES string of the molecule is OCCC#Cc1cc(F)ccc1OCCC1CC1. The molecule has 1 aromatic carbocycles. The standard InChI is InChI=1S/C15H17FO2/c16-14-6-7-15(18-10-8-12-4-5-12)13(11-14)3-1-2-9-17/h6-7,11-12,17H,2,4-5,8-10H2. The Kier molecular flexibility index (Phi) is 4.60. The van der Waals surface area contributed by atoms with Crippen molar-refractivity contribution in [2.24, 2.45) is 5.92 Å². The normalized spacial score (nSPS) is 13.9. The molecule has 1 aromatic rings. The van der Waals surface area contributed by atoms with Gasteiger partial charge in [-0.1, -0.05) is 24.7 Å². The number of rotatable bonds is 5. The molecule has 0 unspecified atom stereocenters. The first-order valence-electron chi connectivity index (χ1n) is 6.31. The molecule has 0 bridgehead atoms. The van der Waals surface area contributed by atoms with E-state index in [4.69, 9.17) is 9.84 Å². The molecule has 0 aliphatic heterocycles. The fourth-order valence-corrected chi connectivity index (χ4v) is 1.68. The Bertz CT molecular complexity index is 455. The van der Waals surface area contributed by atoms with Crippen LogP contribution < -0.4 is 4.74 Å². The van der Waals surface area contributed by atoms with Crippen LogP contribution in [-0.4, -0.2) is 18.3 Å². The highest BCUT2D eigenvalue weighted by Crippen LogP contribution is 2.32. The Labute approximate surface area is 107 Å². The van der Waals surface area contributed by atoms with Crippen molar-refractivity contribution in [3.05, 3.63) is 29.6 Å². The Morgan fingerprint density at radius 3 is 2.94 bits per heavy atom. The predicted octanol–water partition coefficient (Wildman–Crippen LogP) is 2.74. The van der Waals surface area contributed by atoms with Crippen LogP contribution >= 0.6 is 0 Å². The zero-order chi connectivity index (χ0) is 12.8. The molecule has 0 radical (unpaired) electrons. The van der Waals surface area contributed by atoms with Gasteiger partial charge in [0.15, 0.2) is 0 Å². The van der Waals surface area contributed by atoms with E-state index in [-0.39, 0.29) is 12.4 Å². The summed E-state index contributed by atoms with van der Waals surface area (Å²) in [6.07, 6.45) is 4.05. The van der Waals surface area contributed by atoms with Gasteiger partial charge in [0.25, 0.3) is 0 Å². The molecule has 1 N–H and O–H groups in total. The molecule has 2 rings (SSSR count). The smallest absolute Gasteiger partial charge is 0.135 e. The van der Waals surface area contributed by atoms with Crippen molar-refractivity contribution in [1.82, 2.24) is 0 Å². The number of hydrogen-bond donors (Lipinski definition) is 1. The largest absolute Gasteiger partial charge is 0.492 e. The predicted molar refractivity (Wildman–Crippen MR) is 67.8 cm³/mol. The monoisotopic (exact) mass is 248 g/mol. The number of benzene rings is 1. The average molecular weight is 248 g/mol. The van der Waals surface area contributed by atoms with Crippen LogP contribution in [0.2, 0.25) is 0 Å². The van der Waals surface area contributed by atoms with E-state index >= 15 is 0 Å². The zero-order valence-corrected chi connectivity index (χ0v) is 10.3. The molecule has 2 nitrogen and oxygen atoms in total. The molecule has 0 spiro atoms. The van der Waals surface area contributed by atoms with Gasteiger partial charge in [-0.15, -0.1) is 0 Å². The van der Waals surface area contributed by atoms with E-state index in [1.807, 2.05) is 0 Å². The van der Waals surface area contributed by atoms with Gasteiger partial charge in [0.1, 0.15) is 11.6 Å². The number of hydrogen-bond acceptors (Lipinski definition) is 2. The molecule has 3 heteroatoms. The van der Waals surface area contributed by atoms with Crippen LogP contribution in [0.5, 0.6) is 5.75 Å². The summed E-state index contributed by atoms with van der Waals surface area (Å²) in [5.41, 5.74) is 0.555. The van der Waals surface area contributed by atoms with Crippen LogP contribution in [0.15, 0.2) is 18.2 Å². The molecule has 1 aliphatic rings. The van der Waals surface area contributed by atoms with Crippen LogP contribution in [0.4, 0.5) is 4.39 Å². The Morgan fingerprint density at radius 1 is 1.39 bits per heavy atom. The van der Waals surface area contributed by atoms with E-state index in [0.29, 0.717) is 24.3 Å². The van der Waals surface area contributed by atoms with E-state index in [1.165, 1.54) is 25.0 Å². The third-order valence-electron chi connectivity index (χ3n) is 2.88. The molecule has 18 heavy (non-hydrogen) atoms. The van der Waals surface area contributed by atoms with E-state index in [2.05, 4.69) is 11.8 Å². The highest BCUT2D eigenvalue weighted by Gasteiger charge is 2.20. The molecule has 0 aromatic heterocycles. The Balaban J connectivity index is 1.99. The summed E-state index contributed by atoms with van der Waals surface area (Å²) in [6.45, 7) is 0.672. The van der Waals surface area contributed by atoms with Gasteiger partial charge in [-0.05, 0) is 30.5 Å². The summed E-state index contributed by atoms with van der Waals surface area (Å²) in [7, 11) is 0. The minimum atomic E-state index is -0.321. The minimum Gasteiger partial charge on any atom is -0.492 e. The first kappa shape index (κ1) is 12.9. The Hall–Kier alpha value is -1.53. The van der Waals surface area contributed by atoms with E-state index in [1.54, 1.807) is 6.07 Å². The number of halogens is 1. The van der Waals surface area contributed by atoms with Crippen molar-refractivity contribution in [2.45, 2.75) is 25.7 Å². The maximum Gasteiger partial charge on any atom is 0.135 e. The topological polar surface area (TPSA) is 29.5 Å². The summed E-state index contributed by atoms with van der Waals surface area (Å²) >= 11 is 0. The molecule has 0 amide bonds. The van der Waals surface area contributed by atoms with Gasteiger partial charge in [-0.2, -0.15) is 0 Å². The van der Waals surface area contributed by atoms with Crippen LogP contribution in [-0.2, 0) is 0 Å². The highest BCUT2D eigenvalue weighted by molar-refractivity contribution is 5.46. The average Bonchev–Trinajstić information content (AvgIpc) is 3.16. The lowest BCUT2D eigenvalue weighted by Gasteiger charge is -2.07. The molecular weight excluding hydrogens is 231 g/mol. The second-order valence-electron chi connectivity index (χ2n) is 4.50. The molecule has 1 saturated carbocycles. The summed E-state index contributed by atoms with van der Waals surface area (Å²) in [5, 5.41) is 8.67. The van der Waals surface area contributed by atoms with Gasteiger partial charge in [-0.25, -0.2) is 4.39 Å². The first-order chi connectivity index (χ1) is 8.79. The van der Waals surface area contributed by atoms with Crippen molar-refractivity contribution >= 4 is 0 Å². The van der Waals surface area contributed by atoms with Crippen molar-refractivity contribution in [3.8, 4) is 17.6 Å². The van der Waals surface area contributed by atoms with E-state index < -0.39 is 0 Å². The van der Waals surface area contributed by atoms with Crippen LogP contribution in [0.3, 0.4) is 0 Å². The molecule has 0 heterocycles. The van der Waals surface area contributed by atoms with Gasteiger partial charge < -0.3 is 9.84 Å². The molecule has 0 saturated heterocycles. The van der Waals surface area contributed by atoms with Crippen molar-refractivity contribution in [1.29, 1.82) is 0 Å². The number of ether oxygens (including phenoxy) is 1. The summed E-state index contributed by atoms with van der Waals surface area (Å²) in [4.78, 5) is 0. The second-order valence-corrected chi connectivity index (χ2v) is 4.50. The molecular formula is C15H17FO2. The lowest BCUT2D eigenvalue weighted by Crippen LogP contribution is -2.00. The van der Waals surface area contributed by atoms with Gasteiger partial charge >= 0.3 is 0 Å². The van der Waals surface area contributed by atoms with Crippen LogP contribution in [0.1, 0.15) is 31.2 Å². The Morgan fingerprint density at radius 2 is 2.22 bits per heavy atom. The first-order valence-corrected chi connectivity index (χ1v) is 6.31. The van der Waals surface area contributed by atoms with Crippen molar-refractivity contribution < 1.29 is 14.2 Å². The molecule has 1 aliphatic carbocycles. The summed E-state index contributed by atoms with van der Waals surface area (Å²) in [6, 6.07) is 4.37. The maximum absolute atomic E-state index is 13.1. The minimum absolute atomic E-state index is 0.0141. The van der Waals surface area contributed by atoms with Crippen molar-refractivity contribution in [2.75, 3.05) is 13.2 Å². The van der Waals surface area contributed by atoms with E-state index in [9.17, 15) is 4.39 Å². The van der Waals surface area contributed by atoms with Gasteiger partial charge in [0.05, 0.1) is 18.8 Å². The molecule has 0 atom stereocenters. The van der Waals surface area contributed by atoms with Crippen LogP contribution in [0, 0.1) is 23.6 Å². The number of aliphatic hydroxyl groups is 1. The summed E-state index contributed by atoms with van der Waals surface area (Å²) < 4.78 is 18.8. The van der Waals surface area contributed by atoms with E-state index in [0.717, 1.165) is 12.3 Å². The van der Waals surface area contributed by atoms with Gasteiger partial charge in [0.2, 0.25) is 0 Å². The maximum atomic E-state index is 13.1.